The Kier molecular flexibility index (Phi) is 4.79. The monoisotopic (exact) mass is 354 g/mol. The standard InChI is InChI=1S/C20H12Cl2O2/c21-19(23)16-11-6-12-17(20(22)24)18(16)15-10-5-4-9-14(15)13-7-2-1-3-8-13/h1-12H. The van der Waals surface area contributed by atoms with Gasteiger partial charge in [-0.2, -0.15) is 0 Å². The van der Waals surface area contributed by atoms with Crippen LogP contribution in [-0.4, -0.2) is 10.5 Å². The Morgan fingerprint density at radius 1 is 0.583 bits per heavy atom. The van der Waals surface area contributed by atoms with E-state index in [0.29, 0.717) is 5.56 Å². The van der Waals surface area contributed by atoms with Gasteiger partial charge in [0.15, 0.2) is 0 Å². The maximum atomic E-state index is 11.9. The normalized spacial score (nSPS) is 10.4. The molecule has 0 bridgehead atoms. The first kappa shape index (κ1) is 16.4. The van der Waals surface area contributed by atoms with Crippen molar-refractivity contribution in [2.75, 3.05) is 0 Å². The Bertz CT molecular complexity index is 886. The molecule has 3 rings (SSSR count). The fourth-order valence-corrected chi connectivity index (χ4v) is 3.06. The van der Waals surface area contributed by atoms with Crippen molar-refractivity contribution in [3.05, 3.63) is 83.9 Å². The van der Waals surface area contributed by atoms with Gasteiger partial charge in [-0.25, -0.2) is 0 Å². The van der Waals surface area contributed by atoms with Crippen molar-refractivity contribution in [1.29, 1.82) is 0 Å². The predicted octanol–water partition coefficient (Wildman–Crippen LogP) is 5.78. The lowest BCUT2D eigenvalue weighted by Gasteiger charge is -2.15. The van der Waals surface area contributed by atoms with Crippen LogP contribution >= 0.6 is 23.2 Å². The van der Waals surface area contributed by atoms with Crippen LogP contribution < -0.4 is 0 Å². The molecule has 3 aromatic carbocycles. The third-order valence-corrected chi connectivity index (χ3v) is 4.18. The first-order valence-corrected chi connectivity index (χ1v) is 8.02. The molecule has 0 radical (unpaired) electrons. The molecule has 0 aliphatic carbocycles. The number of carbonyl (C=O) groups excluding carboxylic acids is 2. The Labute approximate surface area is 149 Å². The molecular formula is C20H12Cl2O2. The van der Waals surface area contributed by atoms with Crippen LogP contribution in [0.25, 0.3) is 22.3 Å². The van der Waals surface area contributed by atoms with Crippen LogP contribution in [0.15, 0.2) is 72.8 Å². The first-order chi connectivity index (χ1) is 11.6. The summed E-state index contributed by atoms with van der Waals surface area (Å²) in [5, 5.41) is -1.26. The Morgan fingerprint density at radius 2 is 1.08 bits per heavy atom. The van der Waals surface area contributed by atoms with Crippen LogP contribution in [0.5, 0.6) is 0 Å². The molecule has 0 saturated heterocycles. The zero-order valence-electron chi connectivity index (χ0n) is 12.5. The molecule has 0 fully saturated rings. The van der Waals surface area contributed by atoms with Crippen LogP contribution in [0.4, 0.5) is 0 Å². The van der Waals surface area contributed by atoms with E-state index >= 15 is 0 Å². The van der Waals surface area contributed by atoms with E-state index in [0.717, 1.165) is 16.7 Å². The fraction of sp³-hybridized carbons (Fsp3) is 0. The van der Waals surface area contributed by atoms with E-state index < -0.39 is 10.5 Å². The second-order valence-corrected chi connectivity index (χ2v) is 5.87. The lowest BCUT2D eigenvalue weighted by atomic mass is 9.89. The van der Waals surface area contributed by atoms with E-state index in [1.54, 1.807) is 18.2 Å². The van der Waals surface area contributed by atoms with Gasteiger partial charge in [-0.1, -0.05) is 60.7 Å². The number of benzene rings is 3. The summed E-state index contributed by atoms with van der Waals surface area (Å²) in [6.07, 6.45) is 0. The van der Waals surface area contributed by atoms with Gasteiger partial charge in [-0.3, -0.25) is 9.59 Å². The molecule has 0 heterocycles. The summed E-state index contributed by atoms with van der Waals surface area (Å²) in [4.78, 5) is 23.7. The summed E-state index contributed by atoms with van der Waals surface area (Å²) in [5.74, 6) is 0. The van der Waals surface area contributed by atoms with Gasteiger partial charge in [0.1, 0.15) is 0 Å². The van der Waals surface area contributed by atoms with E-state index in [4.69, 9.17) is 23.2 Å². The molecule has 0 spiro atoms. The molecule has 0 N–H and O–H groups in total. The van der Waals surface area contributed by atoms with Crippen LogP contribution in [0, 0.1) is 0 Å². The summed E-state index contributed by atoms with van der Waals surface area (Å²) in [7, 11) is 0. The maximum Gasteiger partial charge on any atom is 0.253 e. The molecule has 0 unspecified atom stereocenters. The molecule has 24 heavy (non-hydrogen) atoms. The molecule has 0 aromatic heterocycles. The number of hydrogen-bond donors (Lipinski definition) is 0. The SMILES string of the molecule is O=C(Cl)c1cccc(C(=O)Cl)c1-c1ccccc1-c1ccccc1. The van der Waals surface area contributed by atoms with Crippen molar-refractivity contribution in [3.63, 3.8) is 0 Å². The second-order valence-electron chi connectivity index (χ2n) is 5.19. The zero-order valence-corrected chi connectivity index (χ0v) is 14.0. The topological polar surface area (TPSA) is 34.1 Å². The van der Waals surface area contributed by atoms with Gasteiger partial charge < -0.3 is 0 Å². The van der Waals surface area contributed by atoms with Gasteiger partial charge in [0.25, 0.3) is 10.5 Å². The van der Waals surface area contributed by atoms with Gasteiger partial charge in [0.05, 0.1) is 0 Å². The van der Waals surface area contributed by atoms with Crippen molar-refractivity contribution in [3.8, 4) is 22.3 Å². The summed E-state index contributed by atoms with van der Waals surface area (Å²) in [6.45, 7) is 0. The molecular weight excluding hydrogens is 343 g/mol. The average Bonchev–Trinajstić information content (AvgIpc) is 2.61. The highest BCUT2D eigenvalue weighted by atomic mass is 35.5. The maximum absolute atomic E-state index is 11.9. The molecule has 0 amide bonds. The van der Waals surface area contributed by atoms with Crippen LogP contribution in [-0.2, 0) is 0 Å². The highest BCUT2D eigenvalue weighted by molar-refractivity contribution is 6.70. The van der Waals surface area contributed by atoms with E-state index in [1.165, 1.54) is 0 Å². The average molecular weight is 355 g/mol. The largest absolute Gasteiger partial charge is 0.276 e. The lowest BCUT2D eigenvalue weighted by molar-refractivity contribution is 0.108. The van der Waals surface area contributed by atoms with Gasteiger partial charge >= 0.3 is 0 Å². The molecule has 118 valence electrons. The lowest BCUT2D eigenvalue weighted by Crippen LogP contribution is -2.02. The highest BCUT2D eigenvalue weighted by Gasteiger charge is 2.20. The highest BCUT2D eigenvalue weighted by Crippen LogP contribution is 2.37. The molecule has 2 nitrogen and oxygen atoms in total. The number of rotatable bonds is 4. The minimum atomic E-state index is -0.632. The van der Waals surface area contributed by atoms with Gasteiger partial charge in [-0.05, 0) is 52.0 Å². The number of carbonyl (C=O) groups is 2. The molecule has 0 saturated carbocycles. The Balaban J connectivity index is 2.35. The van der Waals surface area contributed by atoms with Crippen molar-refractivity contribution in [1.82, 2.24) is 0 Å². The van der Waals surface area contributed by atoms with E-state index in [1.807, 2.05) is 54.6 Å². The van der Waals surface area contributed by atoms with E-state index in [-0.39, 0.29) is 11.1 Å². The number of hydrogen-bond acceptors (Lipinski definition) is 2. The van der Waals surface area contributed by atoms with Crippen molar-refractivity contribution in [2.24, 2.45) is 0 Å². The van der Waals surface area contributed by atoms with Crippen molar-refractivity contribution < 1.29 is 9.59 Å². The van der Waals surface area contributed by atoms with E-state index in [9.17, 15) is 9.59 Å². The minimum Gasteiger partial charge on any atom is -0.276 e. The summed E-state index contributed by atoms with van der Waals surface area (Å²) in [5.41, 5.74) is 3.56. The Morgan fingerprint density at radius 3 is 1.62 bits per heavy atom. The van der Waals surface area contributed by atoms with Crippen LogP contribution in [0.2, 0.25) is 0 Å². The van der Waals surface area contributed by atoms with E-state index in [2.05, 4.69) is 0 Å². The molecule has 4 heteroatoms. The minimum absolute atomic E-state index is 0.256. The quantitative estimate of drug-likeness (QED) is 0.556. The second kappa shape index (κ2) is 7.00. The smallest absolute Gasteiger partial charge is 0.253 e. The van der Waals surface area contributed by atoms with Gasteiger partial charge in [0.2, 0.25) is 0 Å². The van der Waals surface area contributed by atoms with Crippen molar-refractivity contribution >= 4 is 33.7 Å². The third-order valence-electron chi connectivity index (χ3n) is 3.77. The van der Waals surface area contributed by atoms with Gasteiger partial charge in [0, 0.05) is 16.7 Å². The molecule has 0 aliphatic heterocycles. The summed E-state index contributed by atoms with van der Waals surface area (Å²) in [6, 6.07) is 22.0. The van der Waals surface area contributed by atoms with Gasteiger partial charge in [-0.15, -0.1) is 0 Å². The first-order valence-electron chi connectivity index (χ1n) is 7.27. The fourth-order valence-electron chi connectivity index (χ4n) is 2.74. The molecule has 0 aliphatic rings. The molecule has 3 aromatic rings. The zero-order chi connectivity index (χ0) is 17.1. The number of halogens is 2. The summed E-state index contributed by atoms with van der Waals surface area (Å²) < 4.78 is 0. The predicted molar refractivity (Wildman–Crippen MR) is 97.7 cm³/mol. The van der Waals surface area contributed by atoms with Crippen LogP contribution in [0.1, 0.15) is 20.7 Å². The van der Waals surface area contributed by atoms with Crippen LogP contribution in [0.3, 0.4) is 0 Å². The van der Waals surface area contributed by atoms with Crippen molar-refractivity contribution in [2.45, 2.75) is 0 Å². The third kappa shape index (κ3) is 3.12. The Hall–Kier alpha value is -2.42. The molecule has 0 atom stereocenters. The summed E-state index contributed by atoms with van der Waals surface area (Å²) >= 11 is 11.5.